The van der Waals surface area contributed by atoms with Crippen LogP contribution >= 0.6 is 35.0 Å². The van der Waals surface area contributed by atoms with Crippen LogP contribution in [0.4, 0.5) is 10.5 Å². The van der Waals surface area contributed by atoms with Gasteiger partial charge in [-0.15, -0.1) is 0 Å². The van der Waals surface area contributed by atoms with E-state index < -0.39 is 5.91 Å². The van der Waals surface area contributed by atoms with Gasteiger partial charge in [0.15, 0.2) is 11.5 Å². The number of halogens is 2. The van der Waals surface area contributed by atoms with Crippen LogP contribution in [0, 0.1) is 0 Å². The summed E-state index contributed by atoms with van der Waals surface area (Å²) in [6.45, 7) is 3.77. The van der Waals surface area contributed by atoms with Crippen molar-refractivity contribution >= 4 is 57.9 Å². The van der Waals surface area contributed by atoms with E-state index >= 15 is 0 Å². The van der Waals surface area contributed by atoms with Crippen molar-refractivity contribution in [3.8, 4) is 11.5 Å². The fourth-order valence-corrected chi connectivity index (χ4v) is 3.84. The van der Waals surface area contributed by atoms with Gasteiger partial charge in [-0.25, -0.2) is 4.90 Å². The van der Waals surface area contributed by atoms with Crippen molar-refractivity contribution in [2.24, 2.45) is 0 Å². The molecule has 5 nitrogen and oxygen atoms in total. The third-order valence-corrected chi connectivity index (χ3v) is 5.18. The van der Waals surface area contributed by atoms with Gasteiger partial charge >= 0.3 is 0 Å². The number of ether oxygens (including phenoxy) is 2. The van der Waals surface area contributed by atoms with E-state index in [9.17, 15) is 9.59 Å². The predicted molar refractivity (Wildman–Crippen MR) is 114 cm³/mol. The normalized spacial score (nSPS) is 15.6. The highest BCUT2D eigenvalue weighted by Crippen LogP contribution is 2.40. The van der Waals surface area contributed by atoms with E-state index in [4.69, 9.17) is 32.7 Å². The third kappa shape index (κ3) is 4.29. The molecular weight excluding hydrogens is 421 g/mol. The molecule has 1 aliphatic heterocycles. The Morgan fingerprint density at radius 3 is 2.39 bits per heavy atom. The lowest BCUT2D eigenvalue weighted by Gasteiger charge is -2.15. The summed E-state index contributed by atoms with van der Waals surface area (Å²) in [5, 5.41) is 0.504. The summed E-state index contributed by atoms with van der Waals surface area (Å²) >= 11 is 13.1. The SMILES string of the molecule is COc1cc(/C=C2/SC(=O)N(c3ccc(Cl)cc3)C2=O)cc(Cl)c1OC(C)C. The largest absolute Gasteiger partial charge is 0.493 e. The van der Waals surface area contributed by atoms with E-state index in [1.165, 1.54) is 7.11 Å². The number of rotatable bonds is 5. The van der Waals surface area contributed by atoms with Crippen LogP contribution in [0.3, 0.4) is 0 Å². The number of carbonyl (C=O) groups is 2. The van der Waals surface area contributed by atoms with Crippen molar-refractivity contribution in [3.05, 3.63) is 56.9 Å². The van der Waals surface area contributed by atoms with Crippen LogP contribution < -0.4 is 14.4 Å². The predicted octanol–water partition coefficient (Wildman–Crippen LogP) is 6.03. The number of benzene rings is 2. The van der Waals surface area contributed by atoms with E-state index in [2.05, 4.69) is 0 Å². The van der Waals surface area contributed by atoms with E-state index in [1.54, 1.807) is 42.5 Å². The van der Waals surface area contributed by atoms with Crippen LogP contribution in [0.2, 0.25) is 10.0 Å². The Hall–Kier alpha value is -2.15. The number of thioether (sulfide) groups is 1. The zero-order valence-electron chi connectivity index (χ0n) is 15.4. The van der Waals surface area contributed by atoms with Gasteiger partial charge in [-0.05, 0) is 73.6 Å². The molecule has 2 aromatic carbocycles. The fourth-order valence-electron chi connectivity index (χ4n) is 2.61. The minimum Gasteiger partial charge on any atom is -0.493 e. The van der Waals surface area contributed by atoms with Crippen LogP contribution in [-0.2, 0) is 4.79 Å². The summed E-state index contributed by atoms with van der Waals surface area (Å²) in [7, 11) is 1.51. The molecule has 1 fully saturated rings. The summed E-state index contributed by atoms with van der Waals surface area (Å²) in [6.07, 6.45) is 1.53. The van der Waals surface area contributed by atoms with Gasteiger partial charge < -0.3 is 9.47 Å². The zero-order valence-corrected chi connectivity index (χ0v) is 17.7. The molecule has 0 aromatic heterocycles. The molecule has 28 heavy (non-hydrogen) atoms. The molecule has 8 heteroatoms. The lowest BCUT2D eigenvalue weighted by atomic mass is 10.1. The highest BCUT2D eigenvalue weighted by atomic mass is 35.5. The van der Waals surface area contributed by atoms with E-state index in [1.807, 2.05) is 13.8 Å². The van der Waals surface area contributed by atoms with Gasteiger partial charge in [-0.1, -0.05) is 23.2 Å². The first-order valence-electron chi connectivity index (χ1n) is 8.38. The molecule has 0 saturated carbocycles. The van der Waals surface area contributed by atoms with Crippen molar-refractivity contribution in [1.82, 2.24) is 0 Å². The molecule has 3 rings (SSSR count). The van der Waals surface area contributed by atoms with E-state index in [0.29, 0.717) is 32.8 Å². The second kappa shape index (κ2) is 8.47. The van der Waals surface area contributed by atoms with Gasteiger partial charge in [0, 0.05) is 5.02 Å². The highest BCUT2D eigenvalue weighted by molar-refractivity contribution is 8.19. The fraction of sp³-hybridized carbons (Fsp3) is 0.200. The molecule has 0 spiro atoms. The summed E-state index contributed by atoms with van der Waals surface area (Å²) in [5.74, 6) is 0.477. The minimum absolute atomic E-state index is 0.0758. The van der Waals surface area contributed by atoms with Crippen LogP contribution in [0.5, 0.6) is 11.5 Å². The third-order valence-electron chi connectivity index (χ3n) is 3.78. The second-order valence-electron chi connectivity index (χ2n) is 6.19. The number of nitrogens with zero attached hydrogens (tertiary/aromatic N) is 1. The Balaban J connectivity index is 1.93. The van der Waals surface area contributed by atoms with Gasteiger partial charge in [0.2, 0.25) is 0 Å². The maximum atomic E-state index is 12.8. The maximum Gasteiger partial charge on any atom is 0.298 e. The molecule has 2 aromatic rings. The van der Waals surface area contributed by atoms with Crippen molar-refractivity contribution in [3.63, 3.8) is 0 Å². The molecule has 1 saturated heterocycles. The number of amides is 2. The molecule has 0 aliphatic carbocycles. The molecule has 0 radical (unpaired) electrons. The Morgan fingerprint density at radius 2 is 1.79 bits per heavy atom. The van der Waals surface area contributed by atoms with Crippen LogP contribution in [0.15, 0.2) is 41.3 Å². The first kappa shape index (κ1) is 20.6. The van der Waals surface area contributed by atoms with Crippen LogP contribution in [-0.4, -0.2) is 24.4 Å². The molecule has 146 valence electrons. The quantitative estimate of drug-likeness (QED) is 0.534. The van der Waals surface area contributed by atoms with Crippen LogP contribution in [0.25, 0.3) is 6.08 Å². The number of hydrogen-bond acceptors (Lipinski definition) is 5. The summed E-state index contributed by atoms with van der Waals surface area (Å²) < 4.78 is 11.1. The number of methoxy groups -OCH3 is 1. The van der Waals surface area contributed by atoms with E-state index in [0.717, 1.165) is 16.7 Å². The van der Waals surface area contributed by atoms with Gasteiger partial charge in [-0.2, -0.15) is 0 Å². The first-order valence-corrected chi connectivity index (χ1v) is 9.95. The maximum absolute atomic E-state index is 12.8. The number of carbonyl (C=O) groups excluding carboxylic acids is 2. The topological polar surface area (TPSA) is 55.8 Å². The second-order valence-corrected chi connectivity index (χ2v) is 8.03. The Bertz CT molecular complexity index is 957. The lowest BCUT2D eigenvalue weighted by Crippen LogP contribution is -2.27. The molecular formula is C20H17Cl2NO4S. The summed E-state index contributed by atoms with van der Waals surface area (Å²) in [5.41, 5.74) is 1.09. The minimum atomic E-state index is -0.407. The van der Waals surface area contributed by atoms with Crippen molar-refractivity contribution in [1.29, 1.82) is 0 Å². The molecule has 1 aliphatic rings. The number of hydrogen-bond donors (Lipinski definition) is 0. The Kier molecular flexibility index (Phi) is 6.23. The molecule has 0 unspecified atom stereocenters. The van der Waals surface area contributed by atoms with Gasteiger partial charge in [0.25, 0.3) is 11.1 Å². The zero-order chi connectivity index (χ0) is 20.4. The monoisotopic (exact) mass is 437 g/mol. The van der Waals surface area contributed by atoms with Gasteiger partial charge in [0.1, 0.15) is 0 Å². The van der Waals surface area contributed by atoms with E-state index in [-0.39, 0.29) is 16.2 Å². The van der Waals surface area contributed by atoms with Gasteiger partial charge in [-0.3, -0.25) is 9.59 Å². The molecule has 1 heterocycles. The standard InChI is InChI=1S/C20H17Cl2NO4S/c1-11(2)27-18-15(22)8-12(9-16(18)26-3)10-17-19(24)23(20(25)28-17)14-6-4-13(21)5-7-14/h4-11H,1-3H3/b17-10+. The summed E-state index contributed by atoms with van der Waals surface area (Å²) in [6, 6.07) is 9.88. The molecule has 2 amide bonds. The smallest absolute Gasteiger partial charge is 0.298 e. The Labute approximate surface area is 177 Å². The van der Waals surface area contributed by atoms with Crippen LogP contribution in [0.1, 0.15) is 19.4 Å². The molecule has 0 atom stereocenters. The van der Waals surface area contributed by atoms with Gasteiger partial charge in [0.05, 0.1) is 28.8 Å². The highest BCUT2D eigenvalue weighted by Gasteiger charge is 2.36. The number of anilines is 1. The first-order chi connectivity index (χ1) is 13.3. The lowest BCUT2D eigenvalue weighted by molar-refractivity contribution is -0.113. The average molecular weight is 438 g/mol. The Morgan fingerprint density at radius 1 is 1.11 bits per heavy atom. The molecule has 0 N–H and O–H groups in total. The van der Waals surface area contributed by atoms with Crippen molar-refractivity contribution in [2.75, 3.05) is 12.0 Å². The van der Waals surface area contributed by atoms with Crippen molar-refractivity contribution in [2.45, 2.75) is 20.0 Å². The number of imide groups is 1. The molecule has 0 bridgehead atoms. The average Bonchev–Trinajstić information content (AvgIpc) is 2.91. The summed E-state index contributed by atoms with van der Waals surface area (Å²) in [4.78, 5) is 26.5. The van der Waals surface area contributed by atoms with Crippen molar-refractivity contribution < 1.29 is 19.1 Å².